The topological polar surface area (TPSA) is 73.5 Å². The van der Waals surface area contributed by atoms with E-state index in [1.807, 2.05) is 48.5 Å². The minimum absolute atomic E-state index is 0.0724. The molecule has 0 saturated carbocycles. The van der Waals surface area contributed by atoms with Crippen molar-refractivity contribution in [2.24, 2.45) is 0 Å². The second-order valence-electron chi connectivity index (χ2n) is 10.2. The standard InChI is InChI=1S/C31H36N4O2/c1-21-7-6-8-26(22(21)2)33-27-14-15-28(30-25(27)13-16-29(30)36)34-31(37)23-9-11-24(12-10-23)32-17-20-35-18-4-3-5-19-35/h6-12,14-15,32-33H,3-5,13,16-20H2,1-2H3,(H,34,37). The van der Waals surface area contributed by atoms with E-state index in [-0.39, 0.29) is 11.7 Å². The van der Waals surface area contributed by atoms with Gasteiger partial charge in [-0.2, -0.15) is 0 Å². The van der Waals surface area contributed by atoms with Crippen molar-refractivity contribution in [1.82, 2.24) is 4.90 Å². The SMILES string of the molecule is Cc1cccc(Nc2ccc(NC(=O)c3ccc(NCCN4CCCCC4)cc3)c3c2CCC3=O)c1C. The third kappa shape index (κ3) is 5.70. The average Bonchev–Trinajstić information content (AvgIpc) is 3.31. The summed E-state index contributed by atoms with van der Waals surface area (Å²) in [6.07, 6.45) is 5.07. The maximum absolute atomic E-state index is 13.0. The number of likely N-dealkylation sites (tertiary alicyclic amines) is 1. The van der Waals surface area contributed by atoms with Gasteiger partial charge in [-0.25, -0.2) is 0 Å². The van der Waals surface area contributed by atoms with E-state index in [0.717, 1.165) is 35.7 Å². The summed E-state index contributed by atoms with van der Waals surface area (Å²) in [5, 5.41) is 9.96. The minimum Gasteiger partial charge on any atom is -0.384 e. The smallest absolute Gasteiger partial charge is 0.255 e. The van der Waals surface area contributed by atoms with Crippen molar-refractivity contribution in [2.45, 2.75) is 46.0 Å². The van der Waals surface area contributed by atoms with Gasteiger partial charge in [-0.3, -0.25) is 9.59 Å². The predicted molar refractivity (Wildman–Crippen MR) is 151 cm³/mol. The molecule has 0 spiro atoms. The van der Waals surface area contributed by atoms with Crippen LogP contribution in [0.25, 0.3) is 0 Å². The summed E-state index contributed by atoms with van der Waals surface area (Å²) < 4.78 is 0. The molecule has 0 unspecified atom stereocenters. The highest BCUT2D eigenvalue weighted by molar-refractivity contribution is 6.12. The number of benzene rings is 3. The van der Waals surface area contributed by atoms with Crippen LogP contribution in [0.4, 0.5) is 22.7 Å². The Morgan fingerprint density at radius 1 is 0.865 bits per heavy atom. The fourth-order valence-electron chi connectivity index (χ4n) is 5.32. The Bertz CT molecular complexity index is 1290. The first-order valence-corrected chi connectivity index (χ1v) is 13.4. The van der Waals surface area contributed by atoms with Crippen molar-refractivity contribution in [3.8, 4) is 0 Å². The molecule has 3 N–H and O–H groups in total. The fourth-order valence-corrected chi connectivity index (χ4v) is 5.32. The van der Waals surface area contributed by atoms with E-state index in [1.54, 1.807) is 0 Å². The van der Waals surface area contributed by atoms with Gasteiger partial charge in [-0.1, -0.05) is 18.6 Å². The van der Waals surface area contributed by atoms with E-state index < -0.39 is 0 Å². The molecule has 1 heterocycles. The van der Waals surface area contributed by atoms with Crippen molar-refractivity contribution in [3.63, 3.8) is 0 Å². The average molecular weight is 497 g/mol. The Morgan fingerprint density at radius 2 is 1.62 bits per heavy atom. The molecule has 192 valence electrons. The van der Waals surface area contributed by atoms with Crippen LogP contribution in [0.15, 0.2) is 54.6 Å². The summed E-state index contributed by atoms with van der Waals surface area (Å²) in [7, 11) is 0. The third-order valence-electron chi connectivity index (χ3n) is 7.67. The first kappa shape index (κ1) is 25.0. The lowest BCUT2D eigenvalue weighted by Crippen LogP contribution is -2.33. The number of nitrogens with one attached hydrogen (secondary N) is 3. The summed E-state index contributed by atoms with van der Waals surface area (Å²) in [4.78, 5) is 28.3. The number of Topliss-reactive ketones (excluding diaryl/α,β-unsaturated/α-hetero) is 1. The van der Waals surface area contributed by atoms with Crippen LogP contribution in [0.2, 0.25) is 0 Å². The largest absolute Gasteiger partial charge is 0.384 e. The number of hydrogen-bond donors (Lipinski definition) is 3. The molecule has 0 bridgehead atoms. The van der Waals surface area contributed by atoms with Crippen LogP contribution in [0.1, 0.15) is 63.1 Å². The van der Waals surface area contributed by atoms with Crippen LogP contribution in [0.5, 0.6) is 0 Å². The lowest BCUT2D eigenvalue weighted by atomic mass is 10.0. The first-order valence-electron chi connectivity index (χ1n) is 13.4. The highest BCUT2D eigenvalue weighted by Crippen LogP contribution is 2.37. The second-order valence-corrected chi connectivity index (χ2v) is 10.2. The molecule has 1 saturated heterocycles. The van der Waals surface area contributed by atoms with Crippen LogP contribution >= 0.6 is 0 Å². The number of ketones is 1. The van der Waals surface area contributed by atoms with Crippen LogP contribution < -0.4 is 16.0 Å². The molecule has 0 radical (unpaired) electrons. The van der Waals surface area contributed by atoms with Gasteiger partial charge < -0.3 is 20.9 Å². The van der Waals surface area contributed by atoms with Crippen molar-refractivity contribution in [3.05, 3.63) is 82.4 Å². The number of hydrogen-bond acceptors (Lipinski definition) is 5. The predicted octanol–water partition coefficient (Wildman–Crippen LogP) is 6.33. The van der Waals surface area contributed by atoms with Gasteiger partial charge in [0, 0.05) is 47.7 Å². The number of carbonyl (C=O) groups is 2. The van der Waals surface area contributed by atoms with Crippen molar-refractivity contribution >= 4 is 34.4 Å². The lowest BCUT2D eigenvalue weighted by molar-refractivity contribution is 0.0995. The minimum atomic E-state index is -0.211. The summed E-state index contributed by atoms with van der Waals surface area (Å²) in [5.41, 5.74) is 8.10. The highest BCUT2D eigenvalue weighted by Gasteiger charge is 2.27. The van der Waals surface area contributed by atoms with E-state index in [4.69, 9.17) is 0 Å². The van der Waals surface area contributed by atoms with E-state index in [0.29, 0.717) is 29.7 Å². The summed E-state index contributed by atoms with van der Waals surface area (Å²) in [6.45, 7) is 8.49. The third-order valence-corrected chi connectivity index (χ3v) is 7.67. The Hall–Kier alpha value is -3.64. The van der Waals surface area contributed by atoms with Gasteiger partial charge in [0.15, 0.2) is 5.78 Å². The maximum Gasteiger partial charge on any atom is 0.255 e. The number of nitrogens with zero attached hydrogens (tertiary/aromatic N) is 1. The van der Waals surface area contributed by atoms with Crippen LogP contribution in [-0.2, 0) is 6.42 Å². The Labute approximate surface area is 219 Å². The number of fused-ring (bicyclic) bond motifs is 1. The molecule has 2 aliphatic rings. The zero-order chi connectivity index (χ0) is 25.8. The Kier molecular flexibility index (Phi) is 7.56. The molecular formula is C31H36N4O2. The van der Waals surface area contributed by atoms with Gasteiger partial charge in [0.2, 0.25) is 0 Å². The summed E-state index contributed by atoms with van der Waals surface area (Å²) >= 11 is 0. The van der Waals surface area contributed by atoms with E-state index >= 15 is 0 Å². The van der Waals surface area contributed by atoms with Gasteiger partial charge in [0.05, 0.1) is 5.69 Å². The Morgan fingerprint density at radius 3 is 2.41 bits per heavy atom. The molecule has 6 heteroatoms. The number of carbonyl (C=O) groups excluding carboxylic acids is 2. The number of rotatable bonds is 8. The van der Waals surface area contributed by atoms with Crippen molar-refractivity contribution in [1.29, 1.82) is 0 Å². The van der Waals surface area contributed by atoms with Crippen molar-refractivity contribution < 1.29 is 9.59 Å². The quantitative estimate of drug-likeness (QED) is 0.340. The molecule has 37 heavy (non-hydrogen) atoms. The van der Waals surface area contributed by atoms with Crippen molar-refractivity contribution in [2.75, 3.05) is 42.1 Å². The second kappa shape index (κ2) is 11.2. The lowest BCUT2D eigenvalue weighted by Gasteiger charge is -2.26. The number of anilines is 4. The molecule has 0 aromatic heterocycles. The maximum atomic E-state index is 13.0. The van der Waals surface area contributed by atoms with Gasteiger partial charge in [-0.05, 0) is 105 Å². The number of aryl methyl sites for hydroxylation is 1. The monoisotopic (exact) mass is 496 g/mol. The molecule has 0 atom stereocenters. The molecule has 6 nitrogen and oxygen atoms in total. The number of piperidine rings is 1. The zero-order valence-electron chi connectivity index (χ0n) is 21.8. The summed E-state index contributed by atoms with van der Waals surface area (Å²) in [6, 6.07) is 17.5. The van der Waals surface area contributed by atoms with Gasteiger partial charge >= 0.3 is 0 Å². The van der Waals surface area contributed by atoms with Gasteiger partial charge in [0.1, 0.15) is 0 Å². The van der Waals surface area contributed by atoms with Gasteiger partial charge in [-0.15, -0.1) is 0 Å². The molecule has 1 amide bonds. The molecule has 5 rings (SSSR count). The Balaban J connectivity index is 1.25. The van der Waals surface area contributed by atoms with Gasteiger partial charge in [0.25, 0.3) is 5.91 Å². The van der Waals surface area contributed by atoms with Crippen LogP contribution in [0, 0.1) is 13.8 Å². The fraction of sp³-hybridized carbons (Fsp3) is 0.355. The zero-order valence-corrected chi connectivity index (χ0v) is 21.8. The van der Waals surface area contributed by atoms with E-state index in [2.05, 4.69) is 40.8 Å². The molecule has 1 fully saturated rings. The molecular weight excluding hydrogens is 460 g/mol. The number of amides is 1. The molecule has 3 aromatic carbocycles. The normalized spacial score (nSPS) is 15.4. The molecule has 1 aliphatic carbocycles. The highest BCUT2D eigenvalue weighted by atomic mass is 16.2. The molecule has 1 aliphatic heterocycles. The first-order chi connectivity index (χ1) is 18.0. The molecule has 3 aromatic rings. The summed E-state index contributed by atoms with van der Waals surface area (Å²) in [5.74, 6) is -0.139. The van der Waals surface area contributed by atoms with Crippen LogP contribution in [-0.4, -0.2) is 42.8 Å². The van der Waals surface area contributed by atoms with E-state index in [9.17, 15) is 9.59 Å². The van der Waals surface area contributed by atoms with E-state index in [1.165, 1.54) is 43.5 Å². The van der Waals surface area contributed by atoms with Crippen LogP contribution in [0.3, 0.4) is 0 Å².